The molecule has 1 fully saturated rings. The van der Waals surface area contributed by atoms with Gasteiger partial charge < -0.3 is 15.5 Å². The van der Waals surface area contributed by atoms with E-state index in [1.807, 2.05) is 24.5 Å². The predicted molar refractivity (Wildman–Crippen MR) is 82.7 cm³/mol. The predicted octanol–water partition coefficient (Wildman–Crippen LogP) is 1.80. The third-order valence-corrected chi connectivity index (χ3v) is 4.10. The van der Waals surface area contributed by atoms with E-state index in [1.165, 1.54) is 6.42 Å². The molecule has 3 N–H and O–H groups in total. The molecule has 20 heavy (non-hydrogen) atoms. The summed E-state index contributed by atoms with van der Waals surface area (Å²) in [5, 5.41) is 6.86. The van der Waals surface area contributed by atoms with Gasteiger partial charge in [0.15, 0.2) is 0 Å². The first-order chi connectivity index (χ1) is 9.65. The topological polar surface area (TPSA) is 61.2 Å². The van der Waals surface area contributed by atoms with Crippen molar-refractivity contribution in [3.05, 3.63) is 30.6 Å². The lowest BCUT2D eigenvalue weighted by Crippen LogP contribution is -2.31. The van der Waals surface area contributed by atoms with Crippen LogP contribution < -0.4 is 10.6 Å². The van der Waals surface area contributed by atoms with Crippen molar-refractivity contribution < 1.29 is 0 Å². The molecule has 5 heteroatoms. The molecular formula is C15H21N5. The molecule has 0 bridgehead atoms. The summed E-state index contributed by atoms with van der Waals surface area (Å²) in [6.45, 7) is 2.09. The SMILES string of the molecule is CN(C)C1CCN(c2cc(-c3cn[nH]c3)ccc2N)C1. The number of hydrogen-bond acceptors (Lipinski definition) is 4. The van der Waals surface area contributed by atoms with Crippen molar-refractivity contribution in [1.82, 2.24) is 15.1 Å². The van der Waals surface area contributed by atoms with Crippen LogP contribution in [0.2, 0.25) is 0 Å². The van der Waals surface area contributed by atoms with E-state index in [0.29, 0.717) is 6.04 Å². The molecule has 5 nitrogen and oxygen atoms in total. The third-order valence-electron chi connectivity index (χ3n) is 4.10. The van der Waals surface area contributed by atoms with Crippen LogP contribution in [0, 0.1) is 0 Å². The summed E-state index contributed by atoms with van der Waals surface area (Å²) in [4.78, 5) is 4.67. The van der Waals surface area contributed by atoms with Crippen molar-refractivity contribution in [2.75, 3.05) is 37.8 Å². The second-order valence-corrected chi connectivity index (χ2v) is 5.61. The van der Waals surface area contributed by atoms with Crippen molar-refractivity contribution in [1.29, 1.82) is 0 Å². The van der Waals surface area contributed by atoms with Crippen LogP contribution in [0.25, 0.3) is 11.1 Å². The van der Waals surface area contributed by atoms with Gasteiger partial charge >= 0.3 is 0 Å². The monoisotopic (exact) mass is 271 g/mol. The van der Waals surface area contributed by atoms with Crippen LogP contribution in [0.4, 0.5) is 11.4 Å². The molecular weight excluding hydrogens is 250 g/mol. The summed E-state index contributed by atoms with van der Waals surface area (Å²) >= 11 is 0. The number of aromatic amines is 1. The zero-order chi connectivity index (χ0) is 14.1. The van der Waals surface area contributed by atoms with Gasteiger partial charge in [0.2, 0.25) is 0 Å². The fourth-order valence-electron chi connectivity index (χ4n) is 2.79. The van der Waals surface area contributed by atoms with Gasteiger partial charge in [0.05, 0.1) is 17.6 Å². The van der Waals surface area contributed by atoms with Gasteiger partial charge in [-0.2, -0.15) is 5.10 Å². The molecule has 1 aliphatic rings. The Morgan fingerprint density at radius 1 is 1.35 bits per heavy atom. The highest BCUT2D eigenvalue weighted by molar-refractivity contribution is 5.76. The van der Waals surface area contributed by atoms with Crippen molar-refractivity contribution in [2.24, 2.45) is 0 Å². The maximum atomic E-state index is 6.17. The third kappa shape index (κ3) is 2.36. The van der Waals surface area contributed by atoms with Gasteiger partial charge in [0, 0.05) is 30.9 Å². The maximum Gasteiger partial charge on any atom is 0.0606 e. The minimum Gasteiger partial charge on any atom is -0.397 e. The number of benzene rings is 1. The fourth-order valence-corrected chi connectivity index (χ4v) is 2.79. The number of nitrogens with two attached hydrogens (primary N) is 1. The van der Waals surface area contributed by atoms with Crippen LogP contribution in [0.1, 0.15) is 6.42 Å². The van der Waals surface area contributed by atoms with Gasteiger partial charge in [-0.1, -0.05) is 6.07 Å². The summed E-state index contributed by atoms with van der Waals surface area (Å²) in [5.41, 5.74) is 10.4. The quantitative estimate of drug-likeness (QED) is 0.836. The number of nitrogen functional groups attached to an aromatic ring is 1. The van der Waals surface area contributed by atoms with Crippen LogP contribution in [0.15, 0.2) is 30.6 Å². The van der Waals surface area contributed by atoms with E-state index in [1.54, 1.807) is 0 Å². The smallest absolute Gasteiger partial charge is 0.0606 e. The molecule has 0 aliphatic carbocycles. The summed E-state index contributed by atoms with van der Waals surface area (Å²) in [7, 11) is 4.28. The second kappa shape index (κ2) is 5.17. The Balaban J connectivity index is 1.88. The summed E-state index contributed by atoms with van der Waals surface area (Å²) in [6.07, 6.45) is 4.92. The first-order valence-electron chi connectivity index (χ1n) is 6.95. The van der Waals surface area contributed by atoms with Gasteiger partial charge in [-0.25, -0.2) is 0 Å². The molecule has 1 aliphatic heterocycles. The zero-order valence-electron chi connectivity index (χ0n) is 12.0. The fraction of sp³-hybridized carbons (Fsp3) is 0.400. The molecule has 1 aromatic heterocycles. The number of hydrogen-bond donors (Lipinski definition) is 2. The van der Waals surface area contributed by atoms with E-state index in [0.717, 1.165) is 35.6 Å². The van der Waals surface area contributed by atoms with E-state index >= 15 is 0 Å². The van der Waals surface area contributed by atoms with Gasteiger partial charge in [-0.15, -0.1) is 0 Å². The molecule has 0 saturated carbocycles. The number of H-pyrrole nitrogens is 1. The average Bonchev–Trinajstić information content (AvgIpc) is 3.10. The normalized spacial score (nSPS) is 18.9. The van der Waals surface area contributed by atoms with Gasteiger partial charge in [-0.3, -0.25) is 5.10 Å². The van der Waals surface area contributed by atoms with E-state index in [2.05, 4.69) is 40.2 Å². The summed E-state index contributed by atoms with van der Waals surface area (Å²) in [5.74, 6) is 0. The van der Waals surface area contributed by atoms with Crippen molar-refractivity contribution in [3.8, 4) is 11.1 Å². The first kappa shape index (κ1) is 13.0. The Morgan fingerprint density at radius 3 is 2.85 bits per heavy atom. The number of anilines is 2. The Morgan fingerprint density at radius 2 is 2.20 bits per heavy atom. The Bertz CT molecular complexity index is 576. The van der Waals surface area contributed by atoms with E-state index in [-0.39, 0.29) is 0 Å². The molecule has 1 atom stereocenters. The lowest BCUT2D eigenvalue weighted by molar-refractivity contribution is 0.315. The zero-order valence-corrected chi connectivity index (χ0v) is 12.0. The molecule has 1 aromatic carbocycles. The highest BCUT2D eigenvalue weighted by atomic mass is 15.2. The molecule has 0 amide bonds. The van der Waals surface area contributed by atoms with Crippen LogP contribution in [0.5, 0.6) is 0 Å². The molecule has 2 heterocycles. The van der Waals surface area contributed by atoms with Gasteiger partial charge in [0.25, 0.3) is 0 Å². The Kier molecular flexibility index (Phi) is 3.36. The average molecular weight is 271 g/mol. The minimum absolute atomic E-state index is 0.604. The largest absolute Gasteiger partial charge is 0.397 e. The van der Waals surface area contributed by atoms with Crippen molar-refractivity contribution in [2.45, 2.75) is 12.5 Å². The molecule has 2 aromatic rings. The Labute approximate surface area is 119 Å². The van der Waals surface area contributed by atoms with E-state index < -0.39 is 0 Å². The van der Waals surface area contributed by atoms with Crippen molar-refractivity contribution >= 4 is 11.4 Å². The van der Waals surface area contributed by atoms with E-state index in [9.17, 15) is 0 Å². The lowest BCUT2D eigenvalue weighted by atomic mass is 10.1. The lowest BCUT2D eigenvalue weighted by Gasteiger charge is -2.23. The number of likely N-dealkylation sites (N-methyl/N-ethyl adjacent to an activating group) is 1. The number of rotatable bonds is 3. The second-order valence-electron chi connectivity index (χ2n) is 5.61. The van der Waals surface area contributed by atoms with Crippen LogP contribution in [-0.2, 0) is 0 Å². The van der Waals surface area contributed by atoms with E-state index in [4.69, 9.17) is 5.73 Å². The van der Waals surface area contributed by atoms with Crippen LogP contribution in [-0.4, -0.2) is 48.3 Å². The number of nitrogens with zero attached hydrogens (tertiary/aromatic N) is 3. The number of nitrogens with one attached hydrogen (secondary N) is 1. The van der Waals surface area contributed by atoms with Crippen LogP contribution in [0.3, 0.4) is 0 Å². The Hall–Kier alpha value is -2.01. The highest BCUT2D eigenvalue weighted by Gasteiger charge is 2.25. The number of aromatic nitrogens is 2. The van der Waals surface area contributed by atoms with Crippen LogP contribution >= 0.6 is 0 Å². The maximum absolute atomic E-state index is 6.17. The first-order valence-corrected chi connectivity index (χ1v) is 6.95. The van der Waals surface area contributed by atoms with Gasteiger partial charge in [0.1, 0.15) is 0 Å². The highest BCUT2D eigenvalue weighted by Crippen LogP contribution is 2.32. The molecule has 0 radical (unpaired) electrons. The summed E-state index contributed by atoms with van der Waals surface area (Å²) < 4.78 is 0. The molecule has 3 rings (SSSR count). The molecule has 1 unspecified atom stereocenters. The standard InChI is InChI=1S/C15H21N5/c1-19(2)13-5-6-20(10-13)15-7-11(3-4-14(15)16)12-8-17-18-9-12/h3-4,7-9,13H,5-6,10,16H2,1-2H3,(H,17,18). The minimum atomic E-state index is 0.604. The summed E-state index contributed by atoms with van der Waals surface area (Å²) in [6, 6.07) is 6.80. The molecule has 106 valence electrons. The van der Waals surface area contributed by atoms with Gasteiger partial charge in [-0.05, 0) is 38.2 Å². The van der Waals surface area contributed by atoms with Crippen molar-refractivity contribution in [3.63, 3.8) is 0 Å². The molecule has 1 saturated heterocycles. The molecule has 0 spiro atoms.